The third-order valence-electron chi connectivity index (χ3n) is 4.04. The van der Waals surface area contributed by atoms with Gasteiger partial charge in [0.2, 0.25) is 5.69 Å². The zero-order valence-electron chi connectivity index (χ0n) is 13.9. The first kappa shape index (κ1) is 15.9. The van der Waals surface area contributed by atoms with E-state index in [1.807, 2.05) is 42.5 Å². The van der Waals surface area contributed by atoms with Crippen LogP contribution in [0.15, 0.2) is 59.4 Å². The number of nitrogens with one attached hydrogen (secondary N) is 1. The van der Waals surface area contributed by atoms with Crippen LogP contribution in [-0.4, -0.2) is 27.7 Å². The fraction of sp³-hybridized carbons (Fsp3) is 0.105. The molecule has 130 valence electrons. The highest BCUT2D eigenvalue weighted by Gasteiger charge is 2.25. The molecular weight excluding hydrogens is 334 g/mol. The number of hydrogen-bond donors (Lipinski definition) is 1. The molecule has 0 radical (unpaired) electrons. The maximum Gasteiger partial charge on any atom is 0.362 e. The largest absolute Gasteiger partial charge is 0.484 e. The van der Waals surface area contributed by atoms with Gasteiger partial charge in [0, 0.05) is 0 Å². The van der Waals surface area contributed by atoms with E-state index in [9.17, 15) is 9.59 Å². The Balaban J connectivity index is 1.92. The van der Waals surface area contributed by atoms with Gasteiger partial charge < -0.3 is 14.5 Å². The summed E-state index contributed by atoms with van der Waals surface area (Å²) < 4.78 is 12.0. The van der Waals surface area contributed by atoms with Gasteiger partial charge in [0.25, 0.3) is 5.56 Å². The number of methoxy groups -OCH3 is 1. The maximum atomic E-state index is 12.6. The summed E-state index contributed by atoms with van der Waals surface area (Å²) in [6.07, 6.45) is 0. The van der Waals surface area contributed by atoms with Gasteiger partial charge in [0.05, 0.1) is 18.1 Å². The molecule has 2 aromatic heterocycles. The van der Waals surface area contributed by atoms with E-state index in [2.05, 4.69) is 10.1 Å². The van der Waals surface area contributed by atoms with Crippen LogP contribution in [0.25, 0.3) is 16.6 Å². The Labute approximate surface area is 147 Å². The van der Waals surface area contributed by atoms with Crippen LogP contribution < -0.4 is 10.3 Å². The van der Waals surface area contributed by atoms with Crippen molar-refractivity contribution in [1.82, 2.24) is 14.6 Å². The average molecular weight is 349 g/mol. The molecule has 4 rings (SSSR count). The summed E-state index contributed by atoms with van der Waals surface area (Å²) in [4.78, 5) is 27.6. The van der Waals surface area contributed by atoms with Gasteiger partial charge in [0.1, 0.15) is 6.61 Å². The molecule has 0 aliphatic heterocycles. The number of nitrogens with zero attached hydrogens (tertiary/aromatic N) is 2. The topological polar surface area (TPSA) is 85.7 Å². The highest BCUT2D eigenvalue weighted by atomic mass is 16.5. The summed E-state index contributed by atoms with van der Waals surface area (Å²) in [5.74, 6) is -0.562. The Morgan fingerprint density at radius 2 is 1.85 bits per heavy atom. The second-order valence-corrected chi connectivity index (χ2v) is 5.68. The molecule has 7 nitrogen and oxygen atoms in total. The number of fused-ring (bicyclic) bond motifs is 3. The molecular formula is C19H15N3O4. The summed E-state index contributed by atoms with van der Waals surface area (Å²) in [6, 6.07) is 16.6. The lowest BCUT2D eigenvalue weighted by molar-refractivity contribution is 0.0588. The number of para-hydroxylation sites is 2. The van der Waals surface area contributed by atoms with Crippen LogP contribution in [-0.2, 0) is 11.3 Å². The second kappa shape index (κ2) is 6.36. The molecule has 0 aliphatic carbocycles. The van der Waals surface area contributed by atoms with Gasteiger partial charge in [-0.2, -0.15) is 5.10 Å². The average Bonchev–Trinajstić information content (AvgIpc) is 3.07. The van der Waals surface area contributed by atoms with Crippen LogP contribution >= 0.6 is 0 Å². The molecule has 0 atom stereocenters. The van der Waals surface area contributed by atoms with Gasteiger partial charge >= 0.3 is 5.97 Å². The second-order valence-electron chi connectivity index (χ2n) is 5.68. The molecule has 2 heterocycles. The SMILES string of the molecule is COC(=O)c1nn2c(c1OCc1ccccc1)c(=O)[nH]c1ccccc12. The standard InChI is InChI=1S/C19H15N3O4/c1-25-19(24)15-17(26-11-12-7-3-2-4-8-12)16-18(23)20-13-9-5-6-10-14(13)22(16)21-15/h2-10H,11H2,1H3,(H,20,23). The predicted molar refractivity (Wildman–Crippen MR) is 95.4 cm³/mol. The quantitative estimate of drug-likeness (QED) is 0.572. The fourth-order valence-corrected chi connectivity index (χ4v) is 2.82. The number of esters is 1. The van der Waals surface area contributed by atoms with Crippen molar-refractivity contribution in [1.29, 1.82) is 0 Å². The van der Waals surface area contributed by atoms with E-state index < -0.39 is 11.5 Å². The Morgan fingerprint density at radius 3 is 2.62 bits per heavy atom. The van der Waals surface area contributed by atoms with E-state index in [1.54, 1.807) is 12.1 Å². The van der Waals surface area contributed by atoms with Crippen molar-refractivity contribution in [2.75, 3.05) is 7.11 Å². The number of benzene rings is 2. The number of aromatic nitrogens is 3. The van der Waals surface area contributed by atoms with Crippen molar-refractivity contribution in [2.45, 2.75) is 6.61 Å². The first-order chi connectivity index (χ1) is 12.7. The number of carbonyl (C=O) groups is 1. The zero-order valence-corrected chi connectivity index (χ0v) is 13.9. The molecule has 0 aliphatic rings. The van der Waals surface area contributed by atoms with E-state index in [-0.39, 0.29) is 23.6 Å². The lowest BCUT2D eigenvalue weighted by atomic mass is 10.2. The molecule has 0 saturated carbocycles. The lowest BCUT2D eigenvalue weighted by Crippen LogP contribution is -2.11. The summed E-state index contributed by atoms with van der Waals surface area (Å²) in [5.41, 5.74) is 1.90. The van der Waals surface area contributed by atoms with Crippen LogP contribution in [0.4, 0.5) is 0 Å². The normalized spacial score (nSPS) is 11.0. The predicted octanol–water partition coefficient (Wildman–Crippen LogP) is 2.54. The molecule has 0 unspecified atom stereocenters. The number of rotatable bonds is 4. The number of H-pyrrole nitrogens is 1. The van der Waals surface area contributed by atoms with E-state index in [0.717, 1.165) is 5.56 Å². The van der Waals surface area contributed by atoms with Gasteiger partial charge in [-0.3, -0.25) is 4.79 Å². The van der Waals surface area contributed by atoms with E-state index in [0.29, 0.717) is 11.0 Å². The third-order valence-corrected chi connectivity index (χ3v) is 4.04. The van der Waals surface area contributed by atoms with Gasteiger partial charge in [-0.1, -0.05) is 42.5 Å². The van der Waals surface area contributed by atoms with Crippen LogP contribution in [0, 0.1) is 0 Å². The molecule has 0 saturated heterocycles. The molecule has 0 amide bonds. The zero-order chi connectivity index (χ0) is 18.1. The molecule has 0 bridgehead atoms. The highest BCUT2D eigenvalue weighted by molar-refractivity contribution is 5.94. The van der Waals surface area contributed by atoms with Crippen LogP contribution in [0.3, 0.4) is 0 Å². The minimum Gasteiger partial charge on any atom is -0.484 e. The molecule has 2 aromatic carbocycles. The summed E-state index contributed by atoms with van der Waals surface area (Å²) in [5, 5.41) is 4.28. The maximum absolute atomic E-state index is 12.6. The molecule has 1 N–H and O–H groups in total. The van der Waals surface area contributed by atoms with Crippen molar-refractivity contribution in [3.05, 3.63) is 76.2 Å². The summed E-state index contributed by atoms with van der Waals surface area (Å²) in [6.45, 7) is 0.193. The van der Waals surface area contributed by atoms with E-state index >= 15 is 0 Å². The van der Waals surface area contributed by atoms with Crippen molar-refractivity contribution in [3.63, 3.8) is 0 Å². The molecule has 7 heteroatoms. The third kappa shape index (κ3) is 2.59. The van der Waals surface area contributed by atoms with Gasteiger partial charge in [-0.25, -0.2) is 9.31 Å². The van der Waals surface area contributed by atoms with Gasteiger partial charge in [-0.15, -0.1) is 0 Å². The van der Waals surface area contributed by atoms with Gasteiger partial charge in [-0.05, 0) is 17.7 Å². The number of aromatic amines is 1. The Bertz CT molecular complexity index is 1160. The van der Waals surface area contributed by atoms with Crippen LogP contribution in [0.1, 0.15) is 16.1 Å². The highest BCUT2D eigenvalue weighted by Crippen LogP contribution is 2.26. The molecule has 26 heavy (non-hydrogen) atoms. The molecule has 0 fully saturated rings. The van der Waals surface area contributed by atoms with Crippen molar-refractivity contribution >= 4 is 22.5 Å². The Morgan fingerprint density at radius 1 is 1.12 bits per heavy atom. The van der Waals surface area contributed by atoms with Crippen LogP contribution in [0.5, 0.6) is 5.75 Å². The molecule has 4 aromatic rings. The monoisotopic (exact) mass is 349 g/mol. The summed E-state index contributed by atoms with van der Waals surface area (Å²) >= 11 is 0. The minimum atomic E-state index is -0.666. The van der Waals surface area contributed by atoms with Crippen molar-refractivity contribution in [3.8, 4) is 5.75 Å². The lowest BCUT2D eigenvalue weighted by Gasteiger charge is -2.06. The molecule has 0 spiro atoms. The van der Waals surface area contributed by atoms with Crippen molar-refractivity contribution < 1.29 is 14.3 Å². The minimum absolute atomic E-state index is 0.0368. The van der Waals surface area contributed by atoms with Crippen LogP contribution in [0.2, 0.25) is 0 Å². The Kier molecular flexibility index (Phi) is 3.89. The Hall–Kier alpha value is -3.61. The van der Waals surface area contributed by atoms with Crippen molar-refractivity contribution in [2.24, 2.45) is 0 Å². The first-order valence-corrected chi connectivity index (χ1v) is 7.98. The summed E-state index contributed by atoms with van der Waals surface area (Å²) in [7, 11) is 1.26. The number of hydrogen-bond acceptors (Lipinski definition) is 5. The number of carbonyl (C=O) groups excluding carboxylic acids is 1. The van der Waals surface area contributed by atoms with E-state index in [1.165, 1.54) is 11.6 Å². The first-order valence-electron chi connectivity index (χ1n) is 7.98. The van der Waals surface area contributed by atoms with E-state index in [4.69, 9.17) is 9.47 Å². The smallest absolute Gasteiger partial charge is 0.362 e. The number of ether oxygens (including phenoxy) is 2. The van der Waals surface area contributed by atoms with Gasteiger partial charge in [0.15, 0.2) is 11.3 Å². The fourth-order valence-electron chi connectivity index (χ4n) is 2.82.